The number of carbonyl (C=O) groups excluding carboxylic acids is 2. The SMILES string of the molecule is C[C@@H]1[C@H](C)CCC[C@@H]1NC(=O)c1ccc2c(c1)N(C)C(=O)/C(=C/c1ccccc1Cl)S2. The van der Waals surface area contributed by atoms with Gasteiger partial charge in [0.05, 0.1) is 10.6 Å². The van der Waals surface area contributed by atoms with Crippen LogP contribution in [0, 0.1) is 11.8 Å². The van der Waals surface area contributed by atoms with Gasteiger partial charge in [0.25, 0.3) is 11.8 Å². The maximum atomic E-state index is 13.0. The Labute approximate surface area is 193 Å². The normalized spacial score (nSPS) is 24.8. The minimum Gasteiger partial charge on any atom is -0.349 e. The van der Waals surface area contributed by atoms with Gasteiger partial charge in [-0.05, 0) is 54.2 Å². The lowest BCUT2D eigenvalue weighted by Crippen LogP contribution is -2.43. The van der Waals surface area contributed by atoms with E-state index in [1.165, 1.54) is 18.2 Å². The molecule has 0 bridgehead atoms. The predicted molar refractivity (Wildman–Crippen MR) is 129 cm³/mol. The van der Waals surface area contributed by atoms with Crippen molar-refractivity contribution in [3.63, 3.8) is 0 Å². The van der Waals surface area contributed by atoms with Crippen molar-refractivity contribution in [1.29, 1.82) is 0 Å². The molecule has 1 N–H and O–H groups in total. The molecule has 4 rings (SSSR count). The first-order chi connectivity index (χ1) is 14.8. The Bertz CT molecular complexity index is 1050. The summed E-state index contributed by atoms with van der Waals surface area (Å²) in [5.74, 6) is 0.903. The standard InChI is InChI=1S/C25H27ClN2O2S/c1-15-7-6-10-20(16(15)2)27-24(29)18-11-12-22-21(13-18)28(3)25(30)23(31-22)14-17-8-4-5-9-19(17)26/h4-5,8-9,11-16,20H,6-7,10H2,1-3H3,(H,27,29)/b23-14-/t15-,16-,20+/m1/s1. The second-order valence-electron chi connectivity index (χ2n) is 8.53. The van der Waals surface area contributed by atoms with Crippen molar-refractivity contribution in [1.82, 2.24) is 5.32 Å². The van der Waals surface area contributed by atoms with E-state index in [2.05, 4.69) is 19.2 Å². The van der Waals surface area contributed by atoms with Crippen LogP contribution in [0.1, 0.15) is 49.0 Å². The van der Waals surface area contributed by atoms with Crippen molar-refractivity contribution in [2.24, 2.45) is 11.8 Å². The van der Waals surface area contributed by atoms with E-state index in [0.29, 0.717) is 27.3 Å². The molecule has 1 fully saturated rings. The molecule has 1 aliphatic carbocycles. The Morgan fingerprint density at radius 2 is 1.97 bits per heavy atom. The van der Waals surface area contributed by atoms with E-state index in [9.17, 15) is 9.59 Å². The van der Waals surface area contributed by atoms with Crippen molar-refractivity contribution >= 4 is 46.9 Å². The minimum absolute atomic E-state index is 0.0722. The number of hydrogen-bond donors (Lipinski definition) is 1. The van der Waals surface area contributed by atoms with Gasteiger partial charge in [0, 0.05) is 28.6 Å². The van der Waals surface area contributed by atoms with Gasteiger partial charge in [-0.2, -0.15) is 0 Å². The maximum absolute atomic E-state index is 13.0. The van der Waals surface area contributed by atoms with Crippen LogP contribution in [0.25, 0.3) is 6.08 Å². The number of amides is 2. The van der Waals surface area contributed by atoms with Gasteiger partial charge in [0.2, 0.25) is 0 Å². The second-order valence-corrected chi connectivity index (χ2v) is 10.0. The molecule has 31 heavy (non-hydrogen) atoms. The third-order valence-corrected chi connectivity index (χ3v) is 7.95. The highest BCUT2D eigenvalue weighted by Crippen LogP contribution is 2.42. The average molecular weight is 455 g/mol. The zero-order chi connectivity index (χ0) is 22.1. The molecule has 1 heterocycles. The lowest BCUT2D eigenvalue weighted by Gasteiger charge is -2.34. The molecule has 162 valence electrons. The molecule has 1 saturated carbocycles. The van der Waals surface area contributed by atoms with E-state index in [1.54, 1.807) is 11.9 Å². The van der Waals surface area contributed by atoms with Crippen molar-refractivity contribution in [3.8, 4) is 0 Å². The Balaban J connectivity index is 1.56. The minimum atomic E-state index is -0.107. The molecule has 4 nitrogen and oxygen atoms in total. The van der Waals surface area contributed by atoms with Crippen LogP contribution in [0.5, 0.6) is 0 Å². The third kappa shape index (κ3) is 4.53. The van der Waals surface area contributed by atoms with Crippen LogP contribution >= 0.6 is 23.4 Å². The maximum Gasteiger partial charge on any atom is 0.264 e. The first kappa shape index (κ1) is 22.0. The van der Waals surface area contributed by atoms with Gasteiger partial charge in [0.1, 0.15) is 0 Å². The molecule has 3 atom stereocenters. The summed E-state index contributed by atoms with van der Waals surface area (Å²) in [4.78, 5) is 29.1. The van der Waals surface area contributed by atoms with E-state index in [0.717, 1.165) is 29.0 Å². The number of benzene rings is 2. The van der Waals surface area contributed by atoms with Gasteiger partial charge in [0.15, 0.2) is 0 Å². The van der Waals surface area contributed by atoms with Crippen molar-refractivity contribution in [2.75, 3.05) is 11.9 Å². The topological polar surface area (TPSA) is 49.4 Å². The first-order valence-corrected chi connectivity index (χ1v) is 11.9. The summed E-state index contributed by atoms with van der Waals surface area (Å²) in [5, 5.41) is 3.83. The van der Waals surface area contributed by atoms with Gasteiger partial charge in [-0.1, -0.05) is 68.3 Å². The van der Waals surface area contributed by atoms with Gasteiger partial charge in [-0.3, -0.25) is 9.59 Å². The number of thioether (sulfide) groups is 1. The molecule has 0 radical (unpaired) electrons. The number of rotatable bonds is 3. The summed E-state index contributed by atoms with van der Waals surface area (Å²) in [6.07, 6.45) is 5.21. The van der Waals surface area contributed by atoms with Crippen molar-refractivity contribution in [2.45, 2.75) is 44.0 Å². The number of nitrogens with zero attached hydrogens (tertiary/aromatic N) is 1. The molecule has 0 unspecified atom stereocenters. The van der Waals surface area contributed by atoms with Crippen LogP contribution in [0.3, 0.4) is 0 Å². The summed E-state index contributed by atoms with van der Waals surface area (Å²) in [6, 6.07) is 13.2. The Hall–Kier alpha value is -2.24. The molecule has 0 saturated heterocycles. The lowest BCUT2D eigenvalue weighted by atomic mass is 9.78. The summed E-state index contributed by atoms with van der Waals surface area (Å²) in [5.41, 5.74) is 2.15. The molecular weight excluding hydrogens is 428 g/mol. The van der Waals surface area contributed by atoms with Gasteiger partial charge in [-0.15, -0.1) is 0 Å². The van der Waals surface area contributed by atoms with Crippen LogP contribution in [0.4, 0.5) is 5.69 Å². The summed E-state index contributed by atoms with van der Waals surface area (Å²) in [6.45, 7) is 4.48. The number of halogens is 1. The van der Waals surface area contributed by atoms with Crippen LogP contribution in [-0.4, -0.2) is 24.9 Å². The fourth-order valence-corrected chi connectivity index (χ4v) is 5.58. The van der Waals surface area contributed by atoms with Crippen LogP contribution < -0.4 is 10.2 Å². The second kappa shape index (κ2) is 9.09. The number of anilines is 1. The van der Waals surface area contributed by atoms with E-state index in [1.807, 2.05) is 48.5 Å². The smallest absolute Gasteiger partial charge is 0.264 e. The highest BCUT2D eigenvalue weighted by molar-refractivity contribution is 8.04. The molecule has 2 aromatic carbocycles. The third-order valence-electron chi connectivity index (χ3n) is 6.53. The van der Waals surface area contributed by atoms with E-state index in [4.69, 9.17) is 11.6 Å². The number of hydrogen-bond acceptors (Lipinski definition) is 3. The highest BCUT2D eigenvalue weighted by Gasteiger charge is 2.30. The van der Waals surface area contributed by atoms with Gasteiger partial charge >= 0.3 is 0 Å². The average Bonchev–Trinajstić information content (AvgIpc) is 2.76. The first-order valence-electron chi connectivity index (χ1n) is 10.7. The van der Waals surface area contributed by atoms with Crippen molar-refractivity contribution in [3.05, 3.63) is 63.5 Å². The monoisotopic (exact) mass is 454 g/mol. The fourth-order valence-electron chi connectivity index (χ4n) is 4.31. The largest absolute Gasteiger partial charge is 0.349 e. The molecule has 2 aromatic rings. The number of carbonyl (C=O) groups is 2. The van der Waals surface area contributed by atoms with Crippen molar-refractivity contribution < 1.29 is 9.59 Å². The molecular formula is C25H27ClN2O2S. The molecule has 6 heteroatoms. The Morgan fingerprint density at radius 1 is 1.19 bits per heavy atom. The van der Waals surface area contributed by atoms with E-state index < -0.39 is 0 Å². The predicted octanol–water partition coefficient (Wildman–Crippen LogP) is 6.00. The molecule has 0 aromatic heterocycles. The van der Waals surface area contributed by atoms with E-state index in [-0.39, 0.29) is 17.9 Å². The van der Waals surface area contributed by atoms with Crippen LogP contribution in [0.15, 0.2) is 52.3 Å². The Morgan fingerprint density at radius 3 is 2.74 bits per heavy atom. The van der Waals surface area contributed by atoms with Crippen LogP contribution in [-0.2, 0) is 4.79 Å². The number of likely N-dealkylation sites (N-methyl/N-ethyl adjacent to an activating group) is 1. The molecule has 2 amide bonds. The fraction of sp³-hybridized carbons (Fsp3) is 0.360. The lowest BCUT2D eigenvalue weighted by molar-refractivity contribution is -0.114. The summed E-state index contributed by atoms with van der Waals surface area (Å²) in [7, 11) is 1.74. The van der Waals surface area contributed by atoms with Crippen LogP contribution in [0.2, 0.25) is 5.02 Å². The zero-order valence-corrected chi connectivity index (χ0v) is 19.6. The number of fused-ring (bicyclic) bond motifs is 1. The van der Waals surface area contributed by atoms with Gasteiger partial charge in [-0.25, -0.2) is 0 Å². The molecule has 2 aliphatic rings. The molecule has 1 aliphatic heterocycles. The highest BCUT2D eigenvalue weighted by atomic mass is 35.5. The summed E-state index contributed by atoms with van der Waals surface area (Å²) < 4.78 is 0. The number of nitrogens with one attached hydrogen (secondary N) is 1. The van der Waals surface area contributed by atoms with E-state index >= 15 is 0 Å². The Kier molecular flexibility index (Phi) is 6.44. The zero-order valence-electron chi connectivity index (χ0n) is 18.0. The molecule has 0 spiro atoms. The summed E-state index contributed by atoms with van der Waals surface area (Å²) >= 11 is 7.67. The van der Waals surface area contributed by atoms with Gasteiger partial charge < -0.3 is 10.2 Å². The quantitative estimate of drug-likeness (QED) is 0.578.